The molecule has 0 spiro atoms. The predicted octanol–water partition coefficient (Wildman–Crippen LogP) is 12.9. The third-order valence-electron chi connectivity index (χ3n) is 17.5. The van der Waals surface area contributed by atoms with Crippen LogP contribution in [0.4, 0.5) is 14.4 Å². The molecule has 94 heavy (non-hydrogen) atoms. The summed E-state index contributed by atoms with van der Waals surface area (Å²) in [5.74, 6) is 6.02. The number of hydrogen-bond donors (Lipinski definition) is 0. The van der Waals surface area contributed by atoms with Crippen molar-refractivity contribution >= 4 is 124 Å². The molecule has 10 heterocycles. The van der Waals surface area contributed by atoms with Crippen molar-refractivity contribution in [1.82, 2.24) is 47.5 Å². The van der Waals surface area contributed by atoms with Crippen molar-refractivity contribution in [3.8, 4) is 22.9 Å². The van der Waals surface area contributed by atoms with Crippen LogP contribution in [0.25, 0.3) is 55.4 Å². The number of carbonyl (C=O) groups excluding carboxylic acids is 7. The molecule has 2 aromatic carbocycles. The molecule has 18 nitrogen and oxygen atoms in total. The zero-order valence-electron chi connectivity index (χ0n) is 55.1. The van der Waals surface area contributed by atoms with Gasteiger partial charge in [-0.3, -0.25) is 32.8 Å². The number of ether oxygens (including phenoxy) is 1. The van der Waals surface area contributed by atoms with Crippen LogP contribution < -0.4 is 0 Å². The quantitative estimate of drug-likeness (QED) is 0.0539. The monoisotopic (exact) mass is 1310 g/mol. The van der Waals surface area contributed by atoms with Gasteiger partial charge in [0.15, 0.2) is 23.1 Å². The predicted molar refractivity (Wildman–Crippen MR) is 372 cm³/mol. The van der Waals surface area contributed by atoms with E-state index in [9.17, 15) is 33.6 Å². The van der Waals surface area contributed by atoms with Crippen molar-refractivity contribution in [3.63, 3.8) is 0 Å². The molecule has 4 aliphatic heterocycles. The third kappa shape index (κ3) is 13.6. The Hall–Kier alpha value is -9.09. The summed E-state index contributed by atoms with van der Waals surface area (Å²) in [7, 11) is -3.35. The number of aromatic nitrogens is 6. The minimum Gasteiger partial charge on any atom is -0.444 e. The Morgan fingerprint density at radius 2 is 0.947 bits per heavy atom. The van der Waals surface area contributed by atoms with Gasteiger partial charge in [-0.2, -0.15) is 0 Å². The smallest absolute Gasteiger partial charge is 0.410 e. The molecule has 2 aliphatic carbocycles. The second kappa shape index (κ2) is 26.0. The standard InChI is InChI=1S/C34H35N5O3Si.C33H34N4O4Si.C6H10ClNO/c1-43(2,3)16-10-23-17-24-21-38(34(42)36-11-6-4-7-12-36)15-14-37-22-26(25(18-23)33(24)37)31-28(40)19-29(41)32(31)27-20-35-30-9-5-8-13-39(27)30;1-33(2,3)41-32(40)36-13-12-35-20-24(23-16-21(10-14-42(4,5)6)15-22(19-36)31(23)35)29-26(38)17-27(39)30(29)25-18-34-28-9-7-8-11-37(25)28;7-6(9)8-4-2-1-3-5-8/h5,8-9,13,17-18,20,22H,4,6-7,11-12,14-15,19,21H2,1-3H3;7-9,11,15-16,18,20H,12-13,17,19H2,1-6H3;1-5H2. The molecule has 8 aromatic rings. The van der Waals surface area contributed by atoms with Crippen LogP contribution in [0.2, 0.25) is 39.3 Å². The number of allylic oxidation sites excluding steroid dienone is 4. The van der Waals surface area contributed by atoms with Crippen LogP contribution in [0.15, 0.2) is 97.8 Å². The molecule has 0 radical (unpaired) electrons. The van der Waals surface area contributed by atoms with E-state index in [2.05, 4.69) is 93.4 Å². The van der Waals surface area contributed by atoms with E-state index in [0.717, 1.165) is 107 Å². The SMILES string of the molecule is CC(C)(C)OC(=O)N1CCn2cc(C3=C(c4cnc5ccccn45)C(=O)CC3=O)c3cc(C#C[Si](C)(C)C)cc(c32)C1.C[Si](C)(C)C#Cc1cc2c3c(c1)c(C1=C(c4cnc5ccccn45)C(=O)CC1=O)cn3CCN(C(=O)N1CCCCC1)C2.O=C(Cl)N1CCCCC1. The number of imidazole rings is 2. The van der Waals surface area contributed by atoms with Gasteiger partial charge in [0.2, 0.25) is 0 Å². The highest BCUT2D eigenvalue weighted by atomic mass is 35.5. The Balaban J connectivity index is 0.000000159. The van der Waals surface area contributed by atoms with Crippen LogP contribution in [0.3, 0.4) is 0 Å². The number of pyridine rings is 2. The van der Waals surface area contributed by atoms with E-state index in [1.165, 1.54) is 12.8 Å². The third-order valence-corrected chi connectivity index (χ3v) is 19.5. The normalized spacial score (nSPS) is 17.0. The summed E-state index contributed by atoms with van der Waals surface area (Å²) in [6, 6.07) is 19.6. The molecule has 0 unspecified atom stereocenters. The molecule has 484 valence electrons. The second-order valence-electron chi connectivity index (χ2n) is 28.2. The van der Waals surface area contributed by atoms with Crippen molar-refractivity contribution in [2.75, 3.05) is 39.3 Å². The zero-order chi connectivity index (χ0) is 66.5. The van der Waals surface area contributed by atoms with Gasteiger partial charge in [-0.1, -0.05) is 63.3 Å². The van der Waals surface area contributed by atoms with Gasteiger partial charge in [-0.15, -0.1) is 11.1 Å². The maximum atomic E-state index is 13.6. The van der Waals surface area contributed by atoms with Crippen LogP contribution in [0.1, 0.15) is 117 Å². The van der Waals surface area contributed by atoms with Crippen molar-refractivity contribution in [2.24, 2.45) is 0 Å². The van der Waals surface area contributed by atoms with Crippen molar-refractivity contribution < 1.29 is 38.3 Å². The summed E-state index contributed by atoms with van der Waals surface area (Å²) in [4.78, 5) is 107. The number of halogens is 1. The van der Waals surface area contributed by atoms with E-state index < -0.39 is 21.7 Å². The molecular formula is C73H79ClN10O8Si2. The fraction of sp³-hybridized carbons (Fsp3) is 0.384. The lowest BCUT2D eigenvalue weighted by Gasteiger charge is -2.32. The molecule has 4 amide bonds. The number of likely N-dealkylation sites (tertiary alicyclic amines) is 2. The van der Waals surface area contributed by atoms with Gasteiger partial charge in [0, 0.05) is 128 Å². The number of urea groups is 1. The molecule has 6 aliphatic rings. The van der Waals surface area contributed by atoms with Crippen LogP contribution in [0.5, 0.6) is 0 Å². The van der Waals surface area contributed by atoms with Gasteiger partial charge < -0.3 is 33.5 Å². The number of benzene rings is 2. The van der Waals surface area contributed by atoms with E-state index in [4.69, 9.17) is 16.3 Å². The highest BCUT2D eigenvalue weighted by Gasteiger charge is 2.39. The number of hydrogen-bond acceptors (Lipinski definition) is 10. The fourth-order valence-corrected chi connectivity index (χ4v) is 14.5. The lowest BCUT2D eigenvalue weighted by molar-refractivity contribution is -0.121. The van der Waals surface area contributed by atoms with Crippen LogP contribution in [-0.4, -0.2) is 149 Å². The summed E-state index contributed by atoms with van der Waals surface area (Å²) in [5, 5.41) is 1.45. The Labute approximate surface area is 554 Å². The van der Waals surface area contributed by atoms with Gasteiger partial charge in [0.25, 0.3) is 0 Å². The first-order valence-corrected chi connectivity index (χ1v) is 40.0. The van der Waals surface area contributed by atoms with Gasteiger partial charge in [-0.25, -0.2) is 19.6 Å². The first kappa shape index (κ1) is 65.0. The molecule has 0 N–H and O–H groups in total. The lowest BCUT2D eigenvalue weighted by atomic mass is 9.96. The first-order chi connectivity index (χ1) is 44.8. The van der Waals surface area contributed by atoms with Crippen molar-refractivity contribution in [2.45, 2.75) is 143 Å². The zero-order valence-corrected chi connectivity index (χ0v) is 57.8. The Morgan fingerprint density at radius 1 is 0.521 bits per heavy atom. The molecule has 21 heteroatoms. The fourth-order valence-electron chi connectivity index (χ4n) is 13.3. The van der Waals surface area contributed by atoms with Crippen molar-refractivity contribution in [3.05, 3.63) is 143 Å². The number of fused-ring (bicyclic) bond motifs is 2. The number of Topliss-reactive ketones (excluding diaryl/α,β-unsaturated/α-hetero) is 4. The highest BCUT2D eigenvalue weighted by molar-refractivity contribution is 6.84. The summed E-state index contributed by atoms with van der Waals surface area (Å²) in [5.41, 5.74) is 17.7. The number of amides is 4. The average molecular weight is 1320 g/mol. The van der Waals surface area contributed by atoms with Gasteiger partial charge in [0.1, 0.15) is 33.0 Å². The van der Waals surface area contributed by atoms with E-state index in [1.807, 2.05) is 113 Å². The van der Waals surface area contributed by atoms with E-state index >= 15 is 0 Å². The Bertz CT molecular complexity index is 4660. The highest BCUT2D eigenvalue weighted by Crippen LogP contribution is 2.43. The number of carbonyl (C=O) groups is 7. The van der Waals surface area contributed by atoms with Gasteiger partial charge >= 0.3 is 17.5 Å². The lowest BCUT2D eigenvalue weighted by Crippen LogP contribution is -2.45. The average Bonchev–Trinajstić information content (AvgIpc) is 1.58. The maximum Gasteiger partial charge on any atom is 0.410 e. The molecule has 0 atom stereocenters. The molecule has 2 fully saturated rings. The van der Waals surface area contributed by atoms with E-state index in [-0.39, 0.29) is 53.5 Å². The summed E-state index contributed by atoms with van der Waals surface area (Å²) in [6.45, 7) is 25.0. The summed E-state index contributed by atoms with van der Waals surface area (Å²) >= 11 is 5.24. The molecular weight excluding hydrogens is 1240 g/mol. The summed E-state index contributed by atoms with van der Waals surface area (Å²) in [6.07, 6.45) is 17.1. The maximum absolute atomic E-state index is 13.6. The topological polar surface area (TPSA) is 186 Å². The second-order valence-corrected chi connectivity index (χ2v) is 38.0. The van der Waals surface area contributed by atoms with Gasteiger partial charge in [0.05, 0.1) is 65.3 Å². The van der Waals surface area contributed by atoms with Crippen molar-refractivity contribution in [1.29, 1.82) is 0 Å². The number of rotatable bonds is 4. The molecule has 0 bridgehead atoms. The minimum atomic E-state index is -1.69. The van der Waals surface area contributed by atoms with E-state index in [0.29, 0.717) is 84.2 Å². The summed E-state index contributed by atoms with van der Waals surface area (Å²) < 4.78 is 13.7. The largest absolute Gasteiger partial charge is 0.444 e. The molecule has 2 saturated heterocycles. The number of nitrogens with zero attached hydrogens (tertiary/aromatic N) is 10. The van der Waals surface area contributed by atoms with E-state index in [1.54, 1.807) is 22.2 Å². The van der Waals surface area contributed by atoms with Crippen LogP contribution >= 0.6 is 11.6 Å². The van der Waals surface area contributed by atoms with Crippen LogP contribution in [0, 0.1) is 22.9 Å². The molecule has 0 saturated carbocycles. The van der Waals surface area contributed by atoms with Crippen LogP contribution in [-0.2, 0) is 50.1 Å². The molecule has 6 aromatic heterocycles. The molecule has 14 rings (SSSR count). The first-order valence-electron chi connectivity index (χ1n) is 32.6. The minimum absolute atomic E-state index is 0.0894. The number of piperidine rings is 2. The Kier molecular flexibility index (Phi) is 18.0. The Morgan fingerprint density at radius 3 is 1.37 bits per heavy atom. The number of ketones is 4. The van der Waals surface area contributed by atoms with Gasteiger partial charge in [-0.05, 0) is 131 Å².